The molecule has 1 aromatic rings. The summed E-state index contributed by atoms with van der Waals surface area (Å²) >= 11 is 0. The van der Waals surface area contributed by atoms with Crippen LogP contribution < -0.4 is 10.2 Å². The van der Waals surface area contributed by atoms with Crippen LogP contribution in [0.5, 0.6) is 0 Å². The highest BCUT2D eigenvalue weighted by molar-refractivity contribution is 6.00. The Balaban J connectivity index is 2.08. The van der Waals surface area contributed by atoms with Gasteiger partial charge in [-0.2, -0.15) is 0 Å². The van der Waals surface area contributed by atoms with E-state index in [1.165, 1.54) is 6.92 Å². The van der Waals surface area contributed by atoms with Gasteiger partial charge in [-0.05, 0) is 44.0 Å². The lowest BCUT2D eigenvalue weighted by Crippen LogP contribution is -2.42. The molecule has 2 rings (SSSR count). The predicted molar refractivity (Wildman–Crippen MR) is 81.6 cm³/mol. The van der Waals surface area contributed by atoms with Crippen molar-refractivity contribution < 1.29 is 19.5 Å². The van der Waals surface area contributed by atoms with Crippen LogP contribution in [0.3, 0.4) is 0 Å². The van der Waals surface area contributed by atoms with E-state index in [1.807, 2.05) is 32.0 Å². The van der Waals surface area contributed by atoms with Crippen molar-refractivity contribution in [2.75, 3.05) is 11.4 Å². The molecule has 2 amide bonds. The quantitative estimate of drug-likeness (QED) is 0.876. The molecular weight excluding hydrogens is 284 g/mol. The van der Waals surface area contributed by atoms with Gasteiger partial charge in [0.1, 0.15) is 6.04 Å². The average Bonchev–Trinajstić information content (AvgIpc) is 2.84. The highest BCUT2D eigenvalue weighted by Crippen LogP contribution is 2.26. The van der Waals surface area contributed by atoms with Crippen LogP contribution in [0.15, 0.2) is 18.2 Å². The molecule has 0 saturated carbocycles. The minimum atomic E-state index is -1.09. The Morgan fingerprint density at radius 1 is 1.32 bits per heavy atom. The van der Waals surface area contributed by atoms with Gasteiger partial charge < -0.3 is 15.3 Å². The molecule has 6 nitrogen and oxygen atoms in total. The van der Waals surface area contributed by atoms with Crippen LogP contribution in [-0.2, 0) is 14.4 Å². The monoisotopic (exact) mass is 304 g/mol. The van der Waals surface area contributed by atoms with Crippen molar-refractivity contribution in [3.63, 3.8) is 0 Å². The van der Waals surface area contributed by atoms with Crippen molar-refractivity contribution >= 4 is 23.5 Å². The highest BCUT2D eigenvalue weighted by Gasteiger charge is 2.36. The van der Waals surface area contributed by atoms with Crippen molar-refractivity contribution in [3.8, 4) is 0 Å². The third-order valence-electron chi connectivity index (χ3n) is 4.03. The molecule has 2 N–H and O–H groups in total. The minimum absolute atomic E-state index is 0.102. The molecule has 2 atom stereocenters. The molecule has 1 fully saturated rings. The second-order valence-corrected chi connectivity index (χ2v) is 5.74. The summed E-state index contributed by atoms with van der Waals surface area (Å²) < 4.78 is 0. The van der Waals surface area contributed by atoms with Crippen LogP contribution in [0.1, 0.15) is 24.5 Å². The Hall–Kier alpha value is -2.37. The average molecular weight is 304 g/mol. The molecule has 22 heavy (non-hydrogen) atoms. The molecule has 0 radical (unpaired) electrons. The van der Waals surface area contributed by atoms with E-state index in [0.717, 1.165) is 16.8 Å². The first kappa shape index (κ1) is 16.0. The van der Waals surface area contributed by atoms with Crippen molar-refractivity contribution in [3.05, 3.63) is 29.3 Å². The van der Waals surface area contributed by atoms with Gasteiger partial charge in [0.15, 0.2) is 0 Å². The standard InChI is InChI=1S/C16H20N2O4/c1-9-4-5-13(6-10(9)2)18-8-12(7-14(18)19)15(20)17-11(3)16(21)22/h4-6,11-12H,7-8H2,1-3H3,(H,17,20)(H,21,22). The molecule has 1 aromatic carbocycles. The Morgan fingerprint density at radius 2 is 2.00 bits per heavy atom. The van der Waals surface area contributed by atoms with Gasteiger partial charge in [0.25, 0.3) is 0 Å². The van der Waals surface area contributed by atoms with Crippen LogP contribution in [0, 0.1) is 19.8 Å². The molecule has 0 bridgehead atoms. The van der Waals surface area contributed by atoms with Gasteiger partial charge in [0.05, 0.1) is 5.92 Å². The number of hydrogen-bond donors (Lipinski definition) is 2. The molecule has 0 spiro atoms. The summed E-state index contributed by atoms with van der Waals surface area (Å²) in [5, 5.41) is 11.2. The van der Waals surface area contributed by atoms with Crippen LogP contribution >= 0.6 is 0 Å². The van der Waals surface area contributed by atoms with Gasteiger partial charge in [-0.25, -0.2) is 0 Å². The van der Waals surface area contributed by atoms with Crippen molar-refractivity contribution in [2.45, 2.75) is 33.2 Å². The number of nitrogens with one attached hydrogen (secondary N) is 1. The molecule has 2 unspecified atom stereocenters. The summed E-state index contributed by atoms with van der Waals surface area (Å²) in [6, 6.07) is 4.77. The number of carboxylic acids is 1. The Labute approximate surface area is 129 Å². The molecule has 6 heteroatoms. The lowest BCUT2D eigenvalue weighted by molar-refractivity contribution is -0.141. The van der Waals surface area contributed by atoms with Crippen molar-refractivity contribution in [2.24, 2.45) is 5.92 Å². The lowest BCUT2D eigenvalue weighted by Gasteiger charge is -2.18. The number of carboxylic acid groups (broad SMARTS) is 1. The van der Waals surface area contributed by atoms with E-state index >= 15 is 0 Å². The van der Waals surface area contributed by atoms with Crippen LogP contribution in [-0.4, -0.2) is 35.5 Å². The van der Waals surface area contributed by atoms with E-state index in [0.29, 0.717) is 0 Å². The number of anilines is 1. The minimum Gasteiger partial charge on any atom is -0.480 e. The second kappa shape index (κ2) is 6.17. The number of aliphatic carboxylic acids is 1. The first-order valence-electron chi connectivity index (χ1n) is 7.20. The number of carbonyl (C=O) groups is 3. The predicted octanol–water partition coefficient (Wildman–Crippen LogP) is 1.25. The SMILES string of the molecule is Cc1ccc(N2CC(C(=O)NC(C)C(=O)O)CC2=O)cc1C. The fraction of sp³-hybridized carbons (Fsp3) is 0.438. The zero-order chi connectivity index (χ0) is 16.4. The third kappa shape index (κ3) is 3.27. The molecule has 118 valence electrons. The van der Waals surface area contributed by atoms with E-state index in [-0.39, 0.29) is 18.9 Å². The van der Waals surface area contributed by atoms with Crippen LogP contribution in [0.25, 0.3) is 0 Å². The Kier molecular flexibility index (Phi) is 4.49. The number of hydrogen-bond acceptors (Lipinski definition) is 3. The lowest BCUT2D eigenvalue weighted by atomic mass is 10.1. The summed E-state index contributed by atoms with van der Waals surface area (Å²) in [6.45, 7) is 5.64. The highest BCUT2D eigenvalue weighted by atomic mass is 16.4. The van der Waals surface area contributed by atoms with Gasteiger partial charge >= 0.3 is 5.97 Å². The summed E-state index contributed by atoms with van der Waals surface area (Å²) in [5.41, 5.74) is 2.99. The van der Waals surface area contributed by atoms with E-state index in [2.05, 4.69) is 5.32 Å². The van der Waals surface area contributed by atoms with E-state index < -0.39 is 23.8 Å². The van der Waals surface area contributed by atoms with Gasteiger partial charge in [0, 0.05) is 18.7 Å². The van der Waals surface area contributed by atoms with Gasteiger partial charge in [0.2, 0.25) is 11.8 Å². The Morgan fingerprint density at radius 3 is 2.59 bits per heavy atom. The fourth-order valence-corrected chi connectivity index (χ4v) is 2.42. The summed E-state index contributed by atoms with van der Waals surface area (Å²) in [6.07, 6.45) is 0.102. The van der Waals surface area contributed by atoms with Gasteiger partial charge in [-0.15, -0.1) is 0 Å². The molecule has 1 heterocycles. The normalized spacial score (nSPS) is 19.1. The van der Waals surface area contributed by atoms with Crippen molar-refractivity contribution in [1.29, 1.82) is 0 Å². The molecular formula is C16H20N2O4. The number of carbonyl (C=O) groups excluding carboxylic acids is 2. The maximum absolute atomic E-state index is 12.1. The van der Waals surface area contributed by atoms with E-state index in [1.54, 1.807) is 4.90 Å². The van der Waals surface area contributed by atoms with Gasteiger partial charge in [-0.3, -0.25) is 14.4 Å². The Bertz CT molecular complexity index is 627. The number of amides is 2. The van der Waals surface area contributed by atoms with E-state index in [4.69, 9.17) is 5.11 Å². The van der Waals surface area contributed by atoms with E-state index in [9.17, 15) is 14.4 Å². The number of benzene rings is 1. The maximum atomic E-state index is 12.1. The van der Waals surface area contributed by atoms with Crippen LogP contribution in [0.4, 0.5) is 5.69 Å². The topological polar surface area (TPSA) is 86.7 Å². The summed E-state index contributed by atoms with van der Waals surface area (Å²) in [4.78, 5) is 36.5. The number of rotatable bonds is 4. The zero-order valence-electron chi connectivity index (χ0n) is 12.9. The zero-order valence-corrected chi connectivity index (χ0v) is 12.9. The summed E-state index contributed by atoms with van der Waals surface area (Å²) in [5.74, 6) is -2.12. The summed E-state index contributed by atoms with van der Waals surface area (Å²) in [7, 11) is 0. The first-order chi connectivity index (χ1) is 10.3. The smallest absolute Gasteiger partial charge is 0.325 e. The van der Waals surface area contributed by atoms with Crippen LogP contribution in [0.2, 0.25) is 0 Å². The first-order valence-corrected chi connectivity index (χ1v) is 7.20. The molecule has 0 aliphatic carbocycles. The number of nitrogens with zero attached hydrogens (tertiary/aromatic N) is 1. The largest absolute Gasteiger partial charge is 0.480 e. The maximum Gasteiger partial charge on any atom is 0.325 e. The van der Waals surface area contributed by atoms with Gasteiger partial charge in [-0.1, -0.05) is 6.07 Å². The third-order valence-corrected chi connectivity index (χ3v) is 4.03. The second-order valence-electron chi connectivity index (χ2n) is 5.74. The number of aryl methyl sites for hydroxylation is 2. The molecule has 0 aromatic heterocycles. The molecule has 1 aliphatic rings. The molecule has 1 saturated heterocycles. The fourth-order valence-electron chi connectivity index (χ4n) is 2.42. The van der Waals surface area contributed by atoms with Crippen molar-refractivity contribution in [1.82, 2.24) is 5.32 Å². The molecule has 1 aliphatic heterocycles.